The monoisotopic (exact) mass is 287 g/mol. The summed E-state index contributed by atoms with van der Waals surface area (Å²) in [6, 6.07) is 13.4. The van der Waals surface area contributed by atoms with Gasteiger partial charge in [-0.2, -0.15) is 0 Å². The van der Waals surface area contributed by atoms with Crippen LogP contribution in [0.5, 0.6) is 0 Å². The standard InChI is InChI=1S/C16H17NO4/c18-9-13-14(19)15(20)16(21-13)11-6-7-12(17-8-11)10-4-2-1-3-5-10/h1-8,13-16,18-20H,9H2/t13-,14-,15-,16+/m1/s1. The summed E-state index contributed by atoms with van der Waals surface area (Å²) in [5, 5.41) is 28.9. The third-order valence-electron chi connectivity index (χ3n) is 3.73. The molecule has 1 aromatic carbocycles. The van der Waals surface area contributed by atoms with Crippen LogP contribution in [0.2, 0.25) is 0 Å². The molecule has 2 heterocycles. The number of aromatic nitrogens is 1. The molecule has 1 aromatic heterocycles. The van der Waals surface area contributed by atoms with E-state index in [1.165, 1.54) is 0 Å². The molecule has 0 saturated carbocycles. The van der Waals surface area contributed by atoms with Gasteiger partial charge in [0, 0.05) is 17.3 Å². The van der Waals surface area contributed by atoms with Crippen molar-refractivity contribution in [3.8, 4) is 11.3 Å². The summed E-state index contributed by atoms with van der Waals surface area (Å²) in [5.74, 6) is 0. The lowest BCUT2D eigenvalue weighted by Gasteiger charge is -2.15. The van der Waals surface area contributed by atoms with Crippen molar-refractivity contribution < 1.29 is 20.1 Å². The summed E-state index contributed by atoms with van der Waals surface area (Å²) in [6.07, 6.45) is -1.96. The van der Waals surface area contributed by atoms with Crippen LogP contribution in [-0.2, 0) is 4.74 Å². The molecular formula is C16H17NO4. The third kappa shape index (κ3) is 2.69. The van der Waals surface area contributed by atoms with E-state index in [2.05, 4.69) is 4.98 Å². The minimum atomic E-state index is -1.09. The van der Waals surface area contributed by atoms with E-state index < -0.39 is 24.4 Å². The smallest absolute Gasteiger partial charge is 0.113 e. The number of pyridine rings is 1. The summed E-state index contributed by atoms with van der Waals surface area (Å²) in [4.78, 5) is 4.37. The molecule has 0 radical (unpaired) electrons. The van der Waals surface area contributed by atoms with Gasteiger partial charge in [-0.1, -0.05) is 36.4 Å². The highest BCUT2D eigenvalue weighted by Crippen LogP contribution is 2.33. The zero-order valence-electron chi connectivity index (χ0n) is 11.3. The van der Waals surface area contributed by atoms with Crippen LogP contribution in [0, 0.1) is 0 Å². The molecular weight excluding hydrogens is 270 g/mol. The van der Waals surface area contributed by atoms with Gasteiger partial charge in [0.2, 0.25) is 0 Å². The summed E-state index contributed by atoms with van der Waals surface area (Å²) in [6.45, 7) is -0.329. The van der Waals surface area contributed by atoms with Crippen molar-refractivity contribution >= 4 is 0 Å². The van der Waals surface area contributed by atoms with Gasteiger partial charge < -0.3 is 20.1 Å². The summed E-state index contributed by atoms with van der Waals surface area (Å²) in [7, 11) is 0. The van der Waals surface area contributed by atoms with E-state index in [9.17, 15) is 10.2 Å². The Labute approximate surface area is 122 Å². The first-order valence-electron chi connectivity index (χ1n) is 6.84. The highest BCUT2D eigenvalue weighted by atomic mass is 16.6. The lowest BCUT2D eigenvalue weighted by atomic mass is 10.0. The molecule has 1 fully saturated rings. The van der Waals surface area contributed by atoms with Crippen LogP contribution < -0.4 is 0 Å². The van der Waals surface area contributed by atoms with Crippen molar-refractivity contribution in [2.75, 3.05) is 6.61 Å². The van der Waals surface area contributed by atoms with E-state index >= 15 is 0 Å². The first-order chi connectivity index (χ1) is 10.2. The minimum absolute atomic E-state index is 0.329. The Morgan fingerprint density at radius 2 is 1.76 bits per heavy atom. The first-order valence-corrected chi connectivity index (χ1v) is 6.84. The van der Waals surface area contributed by atoms with E-state index in [0.29, 0.717) is 5.56 Å². The Kier molecular flexibility index (Phi) is 3.98. The SMILES string of the molecule is OC[C@H]1O[C@@H](c2ccc(-c3ccccc3)nc2)[C@H](O)[C@@H]1O. The molecule has 0 aliphatic carbocycles. The molecule has 0 amide bonds. The van der Waals surface area contributed by atoms with Gasteiger partial charge >= 0.3 is 0 Å². The van der Waals surface area contributed by atoms with Crippen LogP contribution in [-0.4, -0.2) is 45.2 Å². The topological polar surface area (TPSA) is 82.8 Å². The van der Waals surface area contributed by atoms with Crippen LogP contribution in [0.4, 0.5) is 0 Å². The Bertz CT molecular complexity index is 587. The Balaban J connectivity index is 1.82. The van der Waals surface area contributed by atoms with Gasteiger partial charge in [-0.25, -0.2) is 0 Å². The maximum atomic E-state index is 9.98. The van der Waals surface area contributed by atoms with Crippen molar-refractivity contribution in [3.05, 3.63) is 54.2 Å². The number of aliphatic hydroxyl groups is 3. The molecule has 5 heteroatoms. The van der Waals surface area contributed by atoms with E-state index in [4.69, 9.17) is 9.84 Å². The van der Waals surface area contributed by atoms with Gasteiger partial charge in [0.1, 0.15) is 24.4 Å². The zero-order valence-corrected chi connectivity index (χ0v) is 11.3. The zero-order chi connectivity index (χ0) is 14.8. The molecule has 5 nitrogen and oxygen atoms in total. The van der Waals surface area contributed by atoms with Gasteiger partial charge in [-0.05, 0) is 6.07 Å². The average Bonchev–Trinajstić information content (AvgIpc) is 2.84. The highest BCUT2D eigenvalue weighted by molar-refractivity contribution is 5.58. The molecule has 110 valence electrons. The second-order valence-electron chi connectivity index (χ2n) is 5.10. The number of aliphatic hydroxyl groups excluding tert-OH is 3. The molecule has 0 spiro atoms. The van der Waals surface area contributed by atoms with Crippen LogP contribution in [0.1, 0.15) is 11.7 Å². The first kappa shape index (κ1) is 14.2. The second-order valence-corrected chi connectivity index (χ2v) is 5.10. The predicted molar refractivity (Wildman–Crippen MR) is 76.4 cm³/mol. The molecule has 4 atom stereocenters. The van der Waals surface area contributed by atoms with Gasteiger partial charge in [0.05, 0.1) is 12.3 Å². The summed E-state index contributed by atoms with van der Waals surface area (Å²) < 4.78 is 5.48. The lowest BCUT2D eigenvalue weighted by molar-refractivity contribution is -0.0228. The van der Waals surface area contributed by atoms with E-state index in [1.54, 1.807) is 6.20 Å². The lowest BCUT2D eigenvalue weighted by Crippen LogP contribution is -2.32. The van der Waals surface area contributed by atoms with Crippen LogP contribution in [0.25, 0.3) is 11.3 Å². The van der Waals surface area contributed by atoms with Crippen molar-refractivity contribution in [2.45, 2.75) is 24.4 Å². The molecule has 1 aliphatic heterocycles. The quantitative estimate of drug-likeness (QED) is 0.781. The second kappa shape index (κ2) is 5.91. The van der Waals surface area contributed by atoms with Gasteiger partial charge in [0.25, 0.3) is 0 Å². The van der Waals surface area contributed by atoms with Crippen LogP contribution in [0.15, 0.2) is 48.7 Å². The van der Waals surface area contributed by atoms with Crippen molar-refractivity contribution in [3.63, 3.8) is 0 Å². The van der Waals surface area contributed by atoms with Gasteiger partial charge in [0.15, 0.2) is 0 Å². The maximum absolute atomic E-state index is 9.98. The maximum Gasteiger partial charge on any atom is 0.113 e. The number of rotatable bonds is 3. The normalized spacial score (nSPS) is 28.7. The Morgan fingerprint density at radius 1 is 1.00 bits per heavy atom. The number of benzene rings is 1. The molecule has 0 unspecified atom stereocenters. The van der Waals surface area contributed by atoms with E-state index in [0.717, 1.165) is 11.3 Å². The predicted octanol–water partition coefficient (Wildman–Crippen LogP) is 0.903. The molecule has 1 saturated heterocycles. The van der Waals surface area contributed by atoms with E-state index in [1.807, 2.05) is 42.5 Å². The molecule has 1 aliphatic rings. The van der Waals surface area contributed by atoms with Gasteiger partial charge in [-0.3, -0.25) is 4.98 Å². The fourth-order valence-corrected chi connectivity index (χ4v) is 2.53. The number of ether oxygens (including phenoxy) is 1. The number of hydrogen-bond donors (Lipinski definition) is 3. The fourth-order valence-electron chi connectivity index (χ4n) is 2.53. The Morgan fingerprint density at radius 3 is 2.33 bits per heavy atom. The van der Waals surface area contributed by atoms with Crippen molar-refractivity contribution in [1.82, 2.24) is 4.98 Å². The van der Waals surface area contributed by atoms with Crippen LogP contribution >= 0.6 is 0 Å². The number of hydrogen-bond acceptors (Lipinski definition) is 5. The Hall–Kier alpha value is -1.79. The highest BCUT2D eigenvalue weighted by Gasteiger charge is 2.43. The largest absolute Gasteiger partial charge is 0.394 e. The molecule has 2 aromatic rings. The minimum Gasteiger partial charge on any atom is -0.394 e. The molecule has 0 bridgehead atoms. The van der Waals surface area contributed by atoms with Gasteiger partial charge in [-0.15, -0.1) is 0 Å². The molecule has 3 N–H and O–H groups in total. The molecule has 3 rings (SSSR count). The van der Waals surface area contributed by atoms with Crippen molar-refractivity contribution in [2.24, 2.45) is 0 Å². The number of nitrogens with zero attached hydrogens (tertiary/aromatic N) is 1. The molecule has 21 heavy (non-hydrogen) atoms. The third-order valence-corrected chi connectivity index (χ3v) is 3.73. The van der Waals surface area contributed by atoms with Crippen molar-refractivity contribution in [1.29, 1.82) is 0 Å². The van der Waals surface area contributed by atoms with E-state index in [-0.39, 0.29) is 6.61 Å². The average molecular weight is 287 g/mol. The van der Waals surface area contributed by atoms with Crippen LogP contribution in [0.3, 0.4) is 0 Å². The summed E-state index contributed by atoms with van der Waals surface area (Å²) >= 11 is 0. The fraction of sp³-hybridized carbons (Fsp3) is 0.312. The summed E-state index contributed by atoms with van der Waals surface area (Å²) in [5.41, 5.74) is 2.51.